The van der Waals surface area contributed by atoms with Crippen LogP contribution in [0.25, 0.3) is 10.9 Å². The maximum absolute atomic E-state index is 12.9. The average Bonchev–Trinajstić information content (AvgIpc) is 2.67. The van der Waals surface area contributed by atoms with Crippen molar-refractivity contribution in [2.24, 2.45) is 0 Å². The molecule has 144 valence electrons. The third-order valence-electron chi connectivity index (χ3n) is 4.27. The summed E-state index contributed by atoms with van der Waals surface area (Å²) in [5.74, 6) is -0.898. The van der Waals surface area contributed by atoms with E-state index in [-0.39, 0.29) is 12.0 Å². The fraction of sp³-hybridized carbons (Fsp3) is 0.190. The Hall–Kier alpha value is -3.61. The van der Waals surface area contributed by atoms with Gasteiger partial charge in [-0.2, -0.15) is 0 Å². The van der Waals surface area contributed by atoms with E-state index < -0.39 is 23.5 Å². The van der Waals surface area contributed by atoms with Crippen molar-refractivity contribution in [3.8, 4) is 5.75 Å². The van der Waals surface area contributed by atoms with Crippen molar-refractivity contribution in [2.75, 3.05) is 6.61 Å². The number of amides is 1. The minimum absolute atomic E-state index is 0.195. The molecule has 0 spiro atoms. The van der Waals surface area contributed by atoms with E-state index in [1.807, 2.05) is 6.92 Å². The SMILES string of the molecule is CCOc1ccc(C(CC(=O)O)NC(=O)c2cc(=O)[nH]c3ccccc23)cc1. The smallest absolute Gasteiger partial charge is 0.305 e. The van der Waals surface area contributed by atoms with Gasteiger partial charge in [0.1, 0.15) is 5.75 Å². The normalized spacial score (nSPS) is 11.8. The quantitative estimate of drug-likeness (QED) is 0.584. The number of carbonyl (C=O) groups is 2. The number of hydrogen-bond acceptors (Lipinski definition) is 4. The number of carboxylic acid groups (broad SMARTS) is 1. The summed E-state index contributed by atoms with van der Waals surface area (Å²) in [5.41, 5.74) is 0.963. The van der Waals surface area contributed by atoms with Gasteiger partial charge in [0.2, 0.25) is 5.56 Å². The number of pyridine rings is 1. The van der Waals surface area contributed by atoms with Crippen LogP contribution in [-0.4, -0.2) is 28.6 Å². The lowest BCUT2D eigenvalue weighted by Crippen LogP contribution is -2.31. The minimum atomic E-state index is -1.05. The van der Waals surface area contributed by atoms with Crippen molar-refractivity contribution in [1.82, 2.24) is 10.3 Å². The van der Waals surface area contributed by atoms with Gasteiger partial charge in [0.05, 0.1) is 24.6 Å². The highest BCUT2D eigenvalue weighted by Crippen LogP contribution is 2.22. The highest BCUT2D eigenvalue weighted by Gasteiger charge is 2.20. The second-order valence-corrected chi connectivity index (χ2v) is 6.22. The number of aromatic nitrogens is 1. The first-order chi connectivity index (χ1) is 13.5. The standard InChI is InChI=1S/C21H20N2O5/c1-2-28-14-9-7-13(8-10-14)18(12-20(25)26)23-21(27)16-11-19(24)22-17-6-4-3-5-15(16)17/h3-11,18H,2,12H2,1H3,(H,22,24)(H,23,27)(H,25,26). The van der Waals surface area contributed by atoms with Gasteiger partial charge in [0, 0.05) is 17.0 Å². The summed E-state index contributed by atoms with van der Waals surface area (Å²) in [6.45, 7) is 2.39. The molecule has 0 aliphatic rings. The molecule has 1 atom stereocenters. The molecule has 0 radical (unpaired) electrons. The Balaban J connectivity index is 1.92. The van der Waals surface area contributed by atoms with Gasteiger partial charge < -0.3 is 20.1 Å². The number of rotatable bonds is 7. The second-order valence-electron chi connectivity index (χ2n) is 6.22. The minimum Gasteiger partial charge on any atom is -0.494 e. The fourth-order valence-electron chi connectivity index (χ4n) is 3.02. The van der Waals surface area contributed by atoms with Crippen LogP contribution in [0.2, 0.25) is 0 Å². The van der Waals surface area contributed by atoms with Crippen LogP contribution in [-0.2, 0) is 4.79 Å². The molecule has 0 saturated carbocycles. The maximum Gasteiger partial charge on any atom is 0.305 e. The van der Waals surface area contributed by atoms with Crippen LogP contribution in [0.15, 0.2) is 59.4 Å². The summed E-state index contributed by atoms with van der Waals surface area (Å²) in [4.78, 5) is 38.7. The third-order valence-corrected chi connectivity index (χ3v) is 4.27. The molecule has 1 aromatic heterocycles. The van der Waals surface area contributed by atoms with E-state index in [0.29, 0.717) is 28.8 Å². The van der Waals surface area contributed by atoms with E-state index >= 15 is 0 Å². The first kappa shape index (κ1) is 19.2. The number of aliphatic carboxylic acids is 1. The lowest BCUT2D eigenvalue weighted by Gasteiger charge is -2.18. The fourth-order valence-corrected chi connectivity index (χ4v) is 3.02. The van der Waals surface area contributed by atoms with Crippen LogP contribution in [0.3, 0.4) is 0 Å². The van der Waals surface area contributed by atoms with Gasteiger partial charge in [-0.25, -0.2) is 0 Å². The zero-order chi connectivity index (χ0) is 20.1. The molecule has 28 heavy (non-hydrogen) atoms. The number of benzene rings is 2. The zero-order valence-electron chi connectivity index (χ0n) is 15.3. The molecule has 0 bridgehead atoms. The topological polar surface area (TPSA) is 108 Å². The summed E-state index contributed by atoms with van der Waals surface area (Å²) in [7, 11) is 0. The Kier molecular flexibility index (Phi) is 5.74. The van der Waals surface area contributed by atoms with E-state index in [4.69, 9.17) is 4.74 Å². The number of H-pyrrole nitrogens is 1. The Bertz CT molecular complexity index is 1060. The lowest BCUT2D eigenvalue weighted by atomic mass is 10.0. The summed E-state index contributed by atoms with van der Waals surface area (Å²) < 4.78 is 5.39. The average molecular weight is 380 g/mol. The summed E-state index contributed by atoms with van der Waals surface area (Å²) in [5, 5.41) is 12.6. The molecule has 3 N–H and O–H groups in total. The Morgan fingerprint density at radius 3 is 2.54 bits per heavy atom. The molecule has 0 aliphatic heterocycles. The van der Waals surface area contributed by atoms with Crippen LogP contribution in [0.5, 0.6) is 5.75 Å². The number of carbonyl (C=O) groups excluding carboxylic acids is 1. The van der Waals surface area contributed by atoms with Crippen molar-refractivity contribution < 1.29 is 19.4 Å². The second kappa shape index (κ2) is 8.39. The number of para-hydroxylation sites is 1. The van der Waals surface area contributed by atoms with E-state index in [2.05, 4.69) is 10.3 Å². The van der Waals surface area contributed by atoms with Crippen LogP contribution in [0, 0.1) is 0 Å². The van der Waals surface area contributed by atoms with Gasteiger partial charge in [-0.05, 0) is 30.7 Å². The van der Waals surface area contributed by atoms with Crippen LogP contribution in [0.1, 0.15) is 35.3 Å². The lowest BCUT2D eigenvalue weighted by molar-refractivity contribution is -0.137. The van der Waals surface area contributed by atoms with Crippen molar-refractivity contribution in [1.29, 1.82) is 0 Å². The molecule has 7 heteroatoms. The van der Waals surface area contributed by atoms with Crippen molar-refractivity contribution in [2.45, 2.75) is 19.4 Å². The Labute approximate surface area is 161 Å². The van der Waals surface area contributed by atoms with Gasteiger partial charge in [-0.1, -0.05) is 30.3 Å². The monoisotopic (exact) mass is 380 g/mol. The van der Waals surface area contributed by atoms with Gasteiger partial charge in [-0.15, -0.1) is 0 Å². The summed E-state index contributed by atoms with van der Waals surface area (Å²) in [6, 6.07) is 14.3. The maximum atomic E-state index is 12.9. The van der Waals surface area contributed by atoms with Gasteiger partial charge >= 0.3 is 5.97 Å². The molecule has 0 fully saturated rings. The highest BCUT2D eigenvalue weighted by molar-refractivity contribution is 6.06. The number of nitrogens with one attached hydrogen (secondary N) is 2. The first-order valence-corrected chi connectivity index (χ1v) is 8.85. The first-order valence-electron chi connectivity index (χ1n) is 8.85. The zero-order valence-corrected chi connectivity index (χ0v) is 15.3. The van der Waals surface area contributed by atoms with E-state index in [0.717, 1.165) is 0 Å². The van der Waals surface area contributed by atoms with Crippen molar-refractivity contribution >= 4 is 22.8 Å². The van der Waals surface area contributed by atoms with Gasteiger partial charge in [0.25, 0.3) is 5.91 Å². The van der Waals surface area contributed by atoms with Crippen molar-refractivity contribution in [3.05, 3.63) is 76.1 Å². The predicted octanol–water partition coefficient (Wildman–Crippen LogP) is 2.87. The van der Waals surface area contributed by atoms with Crippen LogP contribution in [0.4, 0.5) is 0 Å². The molecule has 7 nitrogen and oxygen atoms in total. The number of aromatic amines is 1. The number of ether oxygens (including phenoxy) is 1. The highest BCUT2D eigenvalue weighted by atomic mass is 16.5. The van der Waals surface area contributed by atoms with E-state index in [1.165, 1.54) is 6.07 Å². The molecule has 2 aromatic carbocycles. The van der Waals surface area contributed by atoms with E-state index in [9.17, 15) is 19.5 Å². The van der Waals surface area contributed by atoms with E-state index in [1.54, 1.807) is 48.5 Å². The molecule has 1 heterocycles. The molecule has 1 amide bonds. The molecule has 3 aromatic rings. The largest absolute Gasteiger partial charge is 0.494 e. The third kappa shape index (κ3) is 4.37. The van der Waals surface area contributed by atoms with Crippen LogP contribution >= 0.6 is 0 Å². The molecule has 0 saturated heterocycles. The van der Waals surface area contributed by atoms with Gasteiger partial charge in [-0.3, -0.25) is 14.4 Å². The molecule has 0 aliphatic carbocycles. The number of hydrogen-bond donors (Lipinski definition) is 3. The Morgan fingerprint density at radius 1 is 1.14 bits per heavy atom. The molecule has 3 rings (SSSR count). The Morgan fingerprint density at radius 2 is 1.86 bits per heavy atom. The van der Waals surface area contributed by atoms with Gasteiger partial charge in [0.15, 0.2) is 0 Å². The predicted molar refractivity (Wildman–Crippen MR) is 105 cm³/mol. The molecule has 1 unspecified atom stereocenters. The molecular weight excluding hydrogens is 360 g/mol. The summed E-state index contributed by atoms with van der Waals surface area (Å²) in [6.07, 6.45) is -0.291. The van der Waals surface area contributed by atoms with Crippen LogP contribution < -0.4 is 15.6 Å². The number of carboxylic acids is 1. The summed E-state index contributed by atoms with van der Waals surface area (Å²) >= 11 is 0. The van der Waals surface area contributed by atoms with Crippen molar-refractivity contribution in [3.63, 3.8) is 0 Å². The number of fused-ring (bicyclic) bond motifs is 1. The molecular formula is C21H20N2O5.